The van der Waals surface area contributed by atoms with E-state index in [1.165, 1.54) is 6.08 Å². The molecular weight excluding hydrogens is 202 g/mol. The maximum Gasteiger partial charge on any atom is 0.0980 e. The van der Waals surface area contributed by atoms with E-state index in [0.29, 0.717) is 0 Å². The monoisotopic (exact) mass is 219 g/mol. The molecule has 0 bridgehead atoms. The van der Waals surface area contributed by atoms with Gasteiger partial charge >= 0.3 is 0 Å². The van der Waals surface area contributed by atoms with Crippen molar-refractivity contribution in [3.05, 3.63) is 47.8 Å². The van der Waals surface area contributed by atoms with Gasteiger partial charge in [-0.1, -0.05) is 24.3 Å². The Balaban J connectivity index is 2.55. The Morgan fingerprint density at radius 1 is 1.25 bits per heavy atom. The number of rotatable bonds is 4. The van der Waals surface area contributed by atoms with E-state index in [0.717, 1.165) is 11.4 Å². The second kappa shape index (κ2) is 6.20. The first-order valence-electron chi connectivity index (χ1n) is 5.24. The van der Waals surface area contributed by atoms with Gasteiger partial charge in [-0.15, -0.1) is 0 Å². The average molecular weight is 219 g/mol. The highest BCUT2D eigenvalue weighted by molar-refractivity contribution is 5.46. The Bertz CT molecular complexity index is 383. The number of aryl methyl sites for hydroxylation is 1. The van der Waals surface area contributed by atoms with Crippen molar-refractivity contribution in [2.45, 2.75) is 26.1 Å². The molecule has 2 atom stereocenters. The zero-order valence-electron chi connectivity index (χ0n) is 9.54. The van der Waals surface area contributed by atoms with E-state index < -0.39 is 12.2 Å². The number of nitrogens with zero attached hydrogens (tertiary/aromatic N) is 1. The van der Waals surface area contributed by atoms with E-state index >= 15 is 0 Å². The van der Waals surface area contributed by atoms with Crippen molar-refractivity contribution >= 4 is 6.08 Å². The van der Waals surface area contributed by atoms with Gasteiger partial charge in [0.25, 0.3) is 0 Å². The Labute approximate surface area is 95.8 Å². The Kier molecular flexibility index (Phi) is 4.89. The highest BCUT2D eigenvalue weighted by Crippen LogP contribution is 2.01. The van der Waals surface area contributed by atoms with E-state index in [9.17, 15) is 5.11 Å². The van der Waals surface area contributed by atoms with E-state index in [2.05, 4.69) is 4.98 Å². The number of hydrogen-bond donors (Lipinski definition) is 2. The molecule has 0 amide bonds. The normalized spacial score (nSPS) is 15.8. The minimum atomic E-state index is -0.824. The molecule has 2 N–H and O–H groups in total. The molecule has 3 nitrogen and oxygen atoms in total. The molecule has 0 fully saturated rings. The van der Waals surface area contributed by atoms with Crippen LogP contribution in [-0.2, 0) is 0 Å². The largest absolute Gasteiger partial charge is 0.390 e. The summed E-state index contributed by atoms with van der Waals surface area (Å²) in [5.74, 6) is 0. The quantitative estimate of drug-likeness (QED) is 0.758. The van der Waals surface area contributed by atoms with Gasteiger partial charge in [0.05, 0.1) is 17.9 Å². The fourth-order valence-corrected chi connectivity index (χ4v) is 1.15. The minimum absolute atomic E-state index is 0.748. The van der Waals surface area contributed by atoms with Crippen molar-refractivity contribution in [1.82, 2.24) is 4.98 Å². The molecule has 0 saturated heterocycles. The second-order valence-electron chi connectivity index (χ2n) is 3.68. The number of pyridine rings is 1. The zero-order valence-corrected chi connectivity index (χ0v) is 9.54. The van der Waals surface area contributed by atoms with Gasteiger partial charge in [-0.2, -0.15) is 0 Å². The minimum Gasteiger partial charge on any atom is -0.390 e. The number of aliphatic hydroxyl groups is 2. The third-order valence-electron chi connectivity index (χ3n) is 2.09. The van der Waals surface area contributed by atoms with Crippen molar-refractivity contribution in [3.8, 4) is 0 Å². The Morgan fingerprint density at radius 2 is 2.00 bits per heavy atom. The van der Waals surface area contributed by atoms with Crippen LogP contribution in [0.5, 0.6) is 0 Å². The van der Waals surface area contributed by atoms with Crippen molar-refractivity contribution in [1.29, 1.82) is 0 Å². The smallest absolute Gasteiger partial charge is 0.0980 e. The first-order chi connectivity index (χ1) is 7.59. The van der Waals surface area contributed by atoms with Gasteiger partial charge < -0.3 is 10.2 Å². The van der Waals surface area contributed by atoms with Gasteiger partial charge in [0.1, 0.15) is 0 Å². The van der Waals surface area contributed by atoms with Crippen LogP contribution in [0.15, 0.2) is 36.4 Å². The molecule has 0 spiro atoms. The van der Waals surface area contributed by atoms with Crippen LogP contribution in [0.3, 0.4) is 0 Å². The lowest BCUT2D eigenvalue weighted by Crippen LogP contribution is -2.19. The van der Waals surface area contributed by atoms with E-state index in [1.54, 1.807) is 19.1 Å². The lowest BCUT2D eigenvalue weighted by atomic mass is 10.2. The molecular formula is C13H17NO2. The summed E-state index contributed by atoms with van der Waals surface area (Å²) in [5.41, 5.74) is 1.84. The van der Waals surface area contributed by atoms with Crippen LogP contribution in [0.4, 0.5) is 0 Å². The molecule has 0 aliphatic carbocycles. The van der Waals surface area contributed by atoms with Crippen molar-refractivity contribution < 1.29 is 10.2 Å². The molecule has 1 rings (SSSR count). The molecule has 1 heterocycles. The van der Waals surface area contributed by atoms with Crippen LogP contribution in [0, 0.1) is 6.92 Å². The summed E-state index contributed by atoms with van der Waals surface area (Å²) in [5, 5.41) is 18.3. The molecule has 0 aromatic carbocycles. The number of allylic oxidation sites excluding steroid dienone is 2. The fourth-order valence-electron chi connectivity index (χ4n) is 1.15. The molecule has 1 aromatic heterocycles. The highest BCUT2D eigenvalue weighted by Gasteiger charge is 2.04. The Hall–Kier alpha value is -1.45. The summed E-state index contributed by atoms with van der Waals surface area (Å²) in [7, 11) is 0. The summed E-state index contributed by atoms with van der Waals surface area (Å²) in [4.78, 5) is 4.29. The van der Waals surface area contributed by atoms with E-state index in [-0.39, 0.29) is 0 Å². The third-order valence-corrected chi connectivity index (χ3v) is 2.09. The third kappa shape index (κ3) is 4.38. The molecule has 0 unspecified atom stereocenters. The maximum absolute atomic E-state index is 9.28. The van der Waals surface area contributed by atoms with Gasteiger partial charge in [-0.3, -0.25) is 4.98 Å². The molecule has 86 valence electrons. The molecule has 0 aliphatic rings. The summed E-state index contributed by atoms with van der Waals surface area (Å²) in [6.07, 6.45) is 5.29. The zero-order chi connectivity index (χ0) is 12.0. The van der Waals surface area contributed by atoms with E-state index in [1.807, 2.05) is 31.2 Å². The average Bonchev–Trinajstić information content (AvgIpc) is 2.24. The lowest BCUT2D eigenvalue weighted by molar-refractivity contribution is 0.0619. The van der Waals surface area contributed by atoms with Crippen molar-refractivity contribution in [2.24, 2.45) is 0 Å². The number of aliphatic hydroxyl groups excluding tert-OH is 2. The molecule has 0 aliphatic heterocycles. The summed E-state index contributed by atoms with van der Waals surface area (Å²) in [6.45, 7) is 3.48. The second-order valence-corrected chi connectivity index (χ2v) is 3.68. The molecule has 0 saturated carbocycles. The van der Waals surface area contributed by atoms with Crippen LogP contribution in [0.25, 0.3) is 6.08 Å². The SMILES string of the molecule is Cc1cccc(/C=C/C=C/[C@@H](O)[C@H](C)O)n1. The summed E-state index contributed by atoms with van der Waals surface area (Å²) in [6, 6.07) is 5.78. The summed E-state index contributed by atoms with van der Waals surface area (Å²) < 4.78 is 0. The van der Waals surface area contributed by atoms with Crippen molar-refractivity contribution in [3.63, 3.8) is 0 Å². The number of hydrogen-bond acceptors (Lipinski definition) is 3. The van der Waals surface area contributed by atoms with Gasteiger partial charge in [0, 0.05) is 5.69 Å². The van der Waals surface area contributed by atoms with Crippen LogP contribution < -0.4 is 0 Å². The van der Waals surface area contributed by atoms with Gasteiger partial charge in [0.15, 0.2) is 0 Å². The highest BCUT2D eigenvalue weighted by atomic mass is 16.3. The van der Waals surface area contributed by atoms with Gasteiger partial charge in [-0.25, -0.2) is 0 Å². The van der Waals surface area contributed by atoms with Crippen LogP contribution in [0.1, 0.15) is 18.3 Å². The summed E-state index contributed by atoms with van der Waals surface area (Å²) >= 11 is 0. The predicted molar refractivity (Wildman–Crippen MR) is 64.8 cm³/mol. The lowest BCUT2D eigenvalue weighted by Gasteiger charge is -2.06. The topological polar surface area (TPSA) is 53.4 Å². The fraction of sp³-hybridized carbons (Fsp3) is 0.308. The van der Waals surface area contributed by atoms with Crippen LogP contribution in [0.2, 0.25) is 0 Å². The molecule has 16 heavy (non-hydrogen) atoms. The van der Waals surface area contributed by atoms with E-state index in [4.69, 9.17) is 5.11 Å². The van der Waals surface area contributed by atoms with Gasteiger partial charge in [0.2, 0.25) is 0 Å². The van der Waals surface area contributed by atoms with Crippen molar-refractivity contribution in [2.75, 3.05) is 0 Å². The first-order valence-corrected chi connectivity index (χ1v) is 5.24. The van der Waals surface area contributed by atoms with Crippen LogP contribution >= 0.6 is 0 Å². The Morgan fingerprint density at radius 3 is 2.62 bits per heavy atom. The number of aromatic nitrogens is 1. The van der Waals surface area contributed by atoms with Gasteiger partial charge in [-0.05, 0) is 32.1 Å². The molecule has 3 heteroatoms. The van der Waals surface area contributed by atoms with Crippen LogP contribution in [-0.4, -0.2) is 27.4 Å². The predicted octanol–water partition coefficient (Wildman–Crippen LogP) is 1.70. The molecule has 0 radical (unpaired) electrons. The molecule has 1 aromatic rings. The first kappa shape index (κ1) is 12.6. The maximum atomic E-state index is 9.28. The standard InChI is InChI=1S/C13H17NO2/c1-10-6-5-8-12(14-10)7-3-4-9-13(16)11(2)15/h3-9,11,13,15-16H,1-2H3/b7-3+,9-4+/t11-,13+/m0/s1.